The average molecular weight is 235 g/mol. The molecule has 0 bridgehead atoms. The number of aliphatic hydroxyl groups excluding tert-OH is 1. The molecule has 2 rings (SSSR count). The van der Waals surface area contributed by atoms with Gasteiger partial charge in [0.2, 0.25) is 0 Å². The van der Waals surface area contributed by atoms with Crippen LogP contribution in [0.15, 0.2) is 30.3 Å². The van der Waals surface area contributed by atoms with Crippen LogP contribution in [-0.4, -0.2) is 35.7 Å². The summed E-state index contributed by atoms with van der Waals surface area (Å²) in [5.74, 6) is -0.207. The average Bonchev–Trinajstić information content (AvgIpc) is 2.32. The van der Waals surface area contributed by atoms with Crippen molar-refractivity contribution in [3.63, 3.8) is 0 Å². The summed E-state index contributed by atoms with van der Waals surface area (Å²) in [7, 11) is 0. The van der Waals surface area contributed by atoms with Crippen LogP contribution in [-0.2, 0) is 0 Å². The molecule has 1 aliphatic rings. The predicted octanol–water partition coefficient (Wildman–Crippen LogP) is 2.30. The zero-order valence-corrected chi connectivity index (χ0v) is 9.85. The second kappa shape index (κ2) is 5.94. The van der Waals surface area contributed by atoms with Crippen LogP contribution in [0.25, 0.3) is 6.08 Å². The van der Waals surface area contributed by atoms with Gasteiger partial charge in [0.15, 0.2) is 0 Å². The summed E-state index contributed by atoms with van der Waals surface area (Å²) in [6, 6.07) is 6.45. The summed E-state index contributed by atoms with van der Waals surface area (Å²) in [5, 5.41) is 9.52. The summed E-state index contributed by atoms with van der Waals surface area (Å²) < 4.78 is 12.7. The number of hydrogen-bond donors (Lipinski definition) is 1. The number of piperidine rings is 1. The van der Waals surface area contributed by atoms with E-state index in [4.69, 9.17) is 0 Å². The molecule has 2 nitrogen and oxygen atoms in total. The van der Waals surface area contributed by atoms with Gasteiger partial charge in [0.05, 0.1) is 6.10 Å². The first-order chi connectivity index (χ1) is 8.24. The van der Waals surface area contributed by atoms with Crippen LogP contribution in [0.5, 0.6) is 0 Å². The van der Waals surface area contributed by atoms with Crippen LogP contribution >= 0.6 is 0 Å². The maximum atomic E-state index is 12.7. The Kier molecular flexibility index (Phi) is 4.29. The van der Waals surface area contributed by atoms with Gasteiger partial charge in [-0.3, -0.25) is 4.90 Å². The van der Waals surface area contributed by atoms with Gasteiger partial charge < -0.3 is 5.11 Å². The summed E-state index contributed by atoms with van der Waals surface area (Å²) >= 11 is 0. The zero-order chi connectivity index (χ0) is 12.1. The number of benzene rings is 1. The Morgan fingerprint density at radius 3 is 2.82 bits per heavy atom. The molecule has 0 radical (unpaired) electrons. The normalized spacial score (nSPS) is 22.1. The molecule has 17 heavy (non-hydrogen) atoms. The largest absolute Gasteiger partial charge is 0.392 e. The number of likely N-dealkylation sites (tertiary alicyclic amines) is 1. The van der Waals surface area contributed by atoms with Crippen molar-refractivity contribution in [3.8, 4) is 0 Å². The second-order valence-corrected chi connectivity index (χ2v) is 4.51. The van der Waals surface area contributed by atoms with Gasteiger partial charge in [0.25, 0.3) is 0 Å². The Balaban J connectivity index is 1.82. The first-order valence-corrected chi connectivity index (χ1v) is 6.06. The number of nitrogens with zero attached hydrogens (tertiary/aromatic N) is 1. The minimum absolute atomic E-state index is 0.178. The van der Waals surface area contributed by atoms with Gasteiger partial charge in [-0.25, -0.2) is 4.39 Å². The van der Waals surface area contributed by atoms with Crippen molar-refractivity contribution >= 4 is 6.08 Å². The highest BCUT2D eigenvalue weighted by molar-refractivity contribution is 5.48. The van der Waals surface area contributed by atoms with E-state index in [9.17, 15) is 9.50 Å². The molecule has 1 aromatic carbocycles. The molecule has 3 heteroatoms. The Bertz CT molecular complexity index is 374. The highest BCUT2D eigenvalue weighted by Crippen LogP contribution is 2.10. The molecular weight excluding hydrogens is 217 g/mol. The fraction of sp³-hybridized carbons (Fsp3) is 0.429. The summed E-state index contributed by atoms with van der Waals surface area (Å²) in [6.07, 6.45) is 5.85. The van der Waals surface area contributed by atoms with E-state index in [1.807, 2.05) is 6.08 Å². The quantitative estimate of drug-likeness (QED) is 0.869. The minimum Gasteiger partial charge on any atom is -0.392 e. The maximum Gasteiger partial charge on any atom is 0.123 e. The van der Waals surface area contributed by atoms with Gasteiger partial charge in [-0.15, -0.1) is 0 Å². The molecular formula is C14H18FNO. The third-order valence-electron chi connectivity index (χ3n) is 3.02. The molecule has 0 aromatic heterocycles. The molecule has 0 aliphatic carbocycles. The van der Waals surface area contributed by atoms with Crippen molar-refractivity contribution in [1.82, 2.24) is 4.90 Å². The Morgan fingerprint density at radius 1 is 1.35 bits per heavy atom. The first-order valence-electron chi connectivity index (χ1n) is 6.06. The van der Waals surface area contributed by atoms with Crippen LogP contribution < -0.4 is 0 Å². The topological polar surface area (TPSA) is 23.5 Å². The molecule has 1 unspecified atom stereocenters. The van der Waals surface area contributed by atoms with E-state index in [2.05, 4.69) is 11.0 Å². The lowest BCUT2D eigenvalue weighted by Crippen LogP contribution is -2.38. The summed E-state index contributed by atoms with van der Waals surface area (Å²) in [6.45, 7) is 2.65. The third kappa shape index (κ3) is 3.95. The van der Waals surface area contributed by atoms with Gasteiger partial charge >= 0.3 is 0 Å². The van der Waals surface area contributed by atoms with Crippen molar-refractivity contribution in [1.29, 1.82) is 0 Å². The lowest BCUT2D eigenvalue weighted by atomic mass is 10.1. The van der Waals surface area contributed by atoms with Gasteiger partial charge in [-0.2, -0.15) is 0 Å². The Morgan fingerprint density at radius 2 is 2.12 bits per heavy atom. The lowest BCUT2D eigenvalue weighted by molar-refractivity contribution is 0.0771. The molecule has 0 spiro atoms. The molecule has 0 saturated carbocycles. The van der Waals surface area contributed by atoms with Crippen LogP contribution in [0.4, 0.5) is 4.39 Å². The van der Waals surface area contributed by atoms with E-state index in [0.29, 0.717) is 0 Å². The SMILES string of the molecule is OC1CCCN(C/C=C/c2ccc(F)cc2)C1. The van der Waals surface area contributed by atoms with Gasteiger partial charge in [0.1, 0.15) is 5.82 Å². The molecule has 1 aromatic rings. The molecule has 1 N–H and O–H groups in total. The van der Waals surface area contributed by atoms with Crippen molar-refractivity contribution in [2.75, 3.05) is 19.6 Å². The van der Waals surface area contributed by atoms with Gasteiger partial charge in [-0.1, -0.05) is 24.3 Å². The Hall–Kier alpha value is -1.19. The number of aliphatic hydroxyl groups is 1. The molecule has 1 heterocycles. The van der Waals surface area contributed by atoms with Crippen LogP contribution in [0, 0.1) is 5.82 Å². The monoisotopic (exact) mass is 235 g/mol. The highest BCUT2D eigenvalue weighted by Gasteiger charge is 2.15. The van der Waals surface area contributed by atoms with E-state index in [-0.39, 0.29) is 11.9 Å². The molecule has 1 fully saturated rings. The molecule has 1 saturated heterocycles. The van der Waals surface area contributed by atoms with Crippen LogP contribution in [0.3, 0.4) is 0 Å². The van der Waals surface area contributed by atoms with Gasteiger partial charge in [-0.05, 0) is 37.1 Å². The van der Waals surface area contributed by atoms with E-state index in [1.165, 1.54) is 12.1 Å². The zero-order valence-electron chi connectivity index (χ0n) is 9.85. The van der Waals surface area contributed by atoms with Crippen molar-refractivity contribution in [2.45, 2.75) is 18.9 Å². The number of β-amino-alcohol motifs (C(OH)–C–C–N with tert-alkyl or cyclic N) is 1. The maximum absolute atomic E-state index is 12.7. The fourth-order valence-corrected chi connectivity index (χ4v) is 2.11. The molecule has 1 aliphatic heterocycles. The number of hydrogen-bond acceptors (Lipinski definition) is 2. The summed E-state index contributed by atoms with van der Waals surface area (Å²) in [5.41, 5.74) is 1.00. The third-order valence-corrected chi connectivity index (χ3v) is 3.02. The Labute approximate surface area is 101 Å². The van der Waals surface area contributed by atoms with Crippen LogP contribution in [0.2, 0.25) is 0 Å². The smallest absolute Gasteiger partial charge is 0.123 e. The summed E-state index contributed by atoms with van der Waals surface area (Å²) in [4.78, 5) is 2.23. The molecule has 92 valence electrons. The molecule has 1 atom stereocenters. The standard InChI is InChI=1S/C14H18FNO/c15-13-7-5-12(6-8-13)3-1-9-16-10-2-4-14(17)11-16/h1,3,5-8,14,17H,2,4,9-11H2/b3-1+. The predicted molar refractivity (Wildman–Crippen MR) is 67.1 cm³/mol. The minimum atomic E-state index is -0.207. The lowest BCUT2D eigenvalue weighted by Gasteiger charge is -2.28. The number of halogens is 1. The van der Waals surface area contributed by atoms with Crippen molar-refractivity contribution in [3.05, 3.63) is 41.7 Å². The van der Waals surface area contributed by atoms with Crippen molar-refractivity contribution < 1.29 is 9.50 Å². The molecule has 0 amide bonds. The fourth-order valence-electron chi connectivity index (χ4n) is 2.11. The number of rotatable bonds is 3. The van der Waals surface area contributed by atoms with Crippen molar-refractivity contribution in [2.24, 2.45) is 0 Å². The highest BCUT2D eigenvalue weighted by atomic mass is 19.1. The van der Waals surface area contributed by atoms with Gasteiger partial charge in [0, 0.05) is 13.1 Å². The van der Waals surface area contributed by atoms with Crippen LogP contribution in [0.1, 0.15) is 18.4 Å². The van der Waals surface area contributed by atoms with E-state index < -0.39 is 0 Å². The van der Waals surface area contributed by atoms with E-state index >= 15 is 0 Å². The van der Waals surface area contributed by atoms with E-state index in [0.717, 1.165) is 38.0 Å². The van der Waals surface area contributed by atoms with E-state index in [1.54, 1.807) is 12.1 Å². The second-order valence-electron chi connectivity index (χ2n) is 4.51. The first kappa shape index (κ1) is 12.3.